The highest BCUT2D eigenvalue weighted by molar-refractivity contribution is 6.03. The average Bonchev–Trinajstić information content (AvgIpc) is 3.16. The van der Waals surface area contributed by atoms with E-state index in [1.807, 2.05) is 50.3 Å². The summed E-state index contributed by atoms with van der Waals surface area (Å²) in [7, 11) is 0. The first-order chi connectivity index (χ1) is 12.6. The fourth-order valence-corrected chi connectivity index (χ4v) is 2.10. The lowest BCUT2D eigenvalue weighted by atomic mass is 10.1. The second-order valence-electron chi connectivity index (χ2n) is 5.11. The Bertz CT molecular complexity index is 903. The van der Waals surface area contributed by atoms with Crippen molar-refractivity contribution in [2.45, 2.75) is 13.8 Å². The van der Waals surface area contributed by atoms with Gasteiger partial charge in [-0.2, -0.15) is 0 Å². The van der Waals surface area contributed by atoms with Gasteiger partial charge in [-0.1, -0.05) is 24.3 Å². The molecule has 7 heteroatoms. The van der Waals surface area contributed by atoms with Crippen molar-refractivity contribution in [1.82, 2.24) is 10.2 Å². The molecule has 0 aliphatic rings. The highest BCUT2D eigenvalue weighted by atomic mass is 16.4. The minimum absolute atomic E-state index is 0.0916. The monoisotopic (exact) mass is 348 g/mol. The van der Waals surface area contributed by atoms with Crippen LogP contribution in [-0.2, 0) is 0 Å². The molecule has 0 bridgehead atoms. The maximum absolute atomic E-state index is 5.94. The van der Waals surface area contributed by atoms with Crippen LogP contribution in [0.2, 0.25) is 0 Å². The van der Waals surface area contributed by atoms with E-state index in [4.69, 9.17) is 10.2 Å². The molecule has 2 aromatic rings. The number of nitrogens with zero attached hydrogens (tertiary/aromatic N) is 5. The highest BCUT2D eigenvalue weighted by Crippen LogP contribution is 2.24. The predicted molar refractivity (Wildman–Crippen MR) is 106 cm³/mol. The van der Waals surface area contributed by atoms with Gasteiger partial charge in [0.2, 0.25) is 5.89 Å². The molecule has 1 aromatic heterocycles. The number of hydrogen-bond donors (Lipinski definition) is 1. The molecule has 0 fully saturated rings. The normalized spacial score (nSPS) is 13.6. The van der Waals surface area contributed by atoms with E-state index in [-0.39, 0.29) is 17.4 Å². The minimum Gasteiger partial charge on any atom is -0.414 e. The van der Waals surface area contributed by atoms with Crippen LogP contribution in [0.4, 0.5) is 0 Å². The Morgan fingerprint density at radius 3 is 2.54 bits per heavy atom. The number of aliphatic imine (C=N–C) groups is 3. The molecule has 0 saturated heterocycles. The van der Waals surface area contributed by atoms with E-state index in [9.17, 15) is 0 Å². The standard InChI is InChI=1S/C19H20N6O/c1-5-14(11-12-21-3)13(2)23-16(17(20)22-4)19-25-24-18(26-19)15-9-7-6-8-10-15/h5-12H,3-4,20H2,1-2H3/b12-11-,14-5+,17-16-,23-13+. The van der Waals surface area contributed by atoms with Crippen LogP contribution in [0.1, 0.15) is 19.7 Å². The quantitative estimate of drug-likeness (QED) is 0.609. The van der Waals surface area contributed by atoms with Crippen molar-refractivity contribution in [3.05, 3.63) is 66.0 Å². The first kappa shape index (κ1) is 18.7. The van der Waals surface area contributed by atoms with Gasteiger partial charge in [0.05, 0.1) is 0 Å². The molecule has 1 aromatic carbocycles. The van der Waals surface area contributed by atoms with Gasteiger partial charge in [0.25, 0.3) is 5.89 Å². The Balaban J connectivity index is 2.46. The zero-order valence-electron chi connectivity index (χ0n) is 14.8. The molecular formula is C19H20N6O. The van der Waals surface area contributed by atoms with Gasteiger partial charge in [0.1, 0.15) is 0 Å². The molecule has 2 N–H and O–H groups in total. The molecule has 0 saturated carbocycles. The Kier molecular flexibility index (Phi) is 6.50. The molecule has 0 unspecified atom stereocenters. The smallest absolute Gasteiger partial charge is 0.270 e. The van der Waals surface area contributed by atoms with Crippen molar-refractivity contribution < 1.29 is 4.42 Å². The van der Waals surface area contributed by atoms with Crippen molar-refractivity contribution in [3.8, 4) is 11.5 Å². The van der Waals surface area contributed by atoms with Crippen LogP contribution in [-0.4, -0.2) is 29.3 Å². The maximum atomic E-state index is 5.94. The number of aromatic nitrogens is 2. The molecule has 0 aliphatic carbocycles. The van der Waals surface area contributed by atoms with Gasteiger partial charge in [-0.05, 0) is 51.1 Å². The van der Waals surface area contributed by atoms with Crippen LogP contribution in [0.25, 0.3) is 17.2 Å². The summed E-state index contributed by atoms with van der Waals surface area (Å²) >= 11 is 0. The maximum Gasteiger partial charge on any atom is 0.270 e. The summed E-state index contributed by atoms with van der Waals surface area (Å²) in [5.41, 5.74) is 8.51. The molecule has 0 amide bonds. The fraction of sp³-hybridized carbons (Fsp3) is 0.105. The molecule has 1 heterocycles. The van der Waals surface area contributed by atoms with Crippen LogP contribution in [0.5, 0.6) is 0 Å². The van der Waals surface area contributed by atoms with Crippen molar-refractivity contribution in [3.63, 3.8) is 0 Å². The van der Waals surface area contributed by atoms with E-state index in [0.29, 0.717) is 11.6 Å². The average molecular weight is 348 g/mol. The Hall–Kier alpha value is -3.61. The summed E-state index contributed by atoms with van der Waals surface area (Å²) in [5, 5.41) is 8.10. The molecule has 7 nitrogen and oxygen atoms in total. The number of allylic oxidation sites excluding steroid dienone is 3. The molecule has 0 spiro atoms. The number of nitrogens with two attached hydrogens (primary N) is 1. The Morgan fingerprint density at radius 2 is 1.92 bits per heavy atom. The number of hydrogen-bond acceptors (Lipinski definition) is 7. The summed E-state index contributed by atoms with van der Waals surface area (Å²) in [6.45, 7) is 10.6. The van der Waals surface area contributed by atoms with Crippen LogP contribution < -0.4 is 5.73 Å². The molecule has 0 radical (unpaired) electrons. The summed E-state index contributed by atoms with van der Waals surface area (Å²) < 4.78 is 5.73. The second-order valence-corrected chi connectivity index (χ2v) is 5.11. The van der Waals surface area contributed by atoms with Gasteiger partial charge >= 0.3 is 0 Å². The predicted octanol–water partition coefficient (Wildman–Crippen LogP) is 3.64. The summed E-state index contributed by atoms with van der Waals surface area (Å²) in [4.78, 5) is 12.0. The van der Waals surface area contributed by atoms with E-state index in [0.717, 1.165) is 11.1 Å². The summed E-state index contributed by atoms with van der Waals surface area (Å²) in [6.07, 6.45) is 5.25. The van der Waals surface area contributed by atoms with E-state index in [1.165, 1.54) is 0 Å². The van der Waals surface area contributed by atoms with E-state index >= 15 is 0 Å². The van der Waals surface area contributed by atoms with Crippen molar-refractivity contribution in [2.24, 2.45) is 20.7 Å². The number of benzene rings is 1. The lowest BCUT2D eigenvalue weighted by molar-refractivity contribution is 0.551. The molecule has 2 rings (SSSR count). The first-order valence-corrected chi connectivity index (χ1v) is 7.80. The molecular weight excluding hydrogens is 328 g/mol. The Labute approximate surface area is 152 Å². The third kappa shape index (κ3) is 4.47. The summed E-state index contributed by atoms with van der Waals surface area (Å²) in [5.74, 6) is 0.619. The van der Waals surface area contributed by atoms with Gasteiger partial charge in [0.15, 0.2) is 11.5 Å². The van der Waals surface area contributed by atoms with Gasteiger partial charge in [-0.3, -0.25) is 4.99 Å². The van der Waals surface area contributed by atoms with Gasteiger partial charge in [-0.25, -0.2) is 9.98 Å². The molecule has 132 valence electrons. The van der Waals surface area contributed by atoms with E-state index in [1.54, 1.807) is 12.3 Å². The topological polar surface area (TPSA) is 102 Å². The third-order valence-electron chi connectivity index (χ3n) is 3.43. The van der Waals surface area contributed by atoms with Crippen molar-refractivity contribution in [2.75, 3.05) is 0 Å². The lowest BCUT2D eigenvalue weighted by Gasteiger charge is -2.04. The van der Waals surface area contributed by atoms with E-state index in [2.05, 4.69) is 38.6 Å². The molecule has 0 atom stereocenters. The Morgan fingerprint density at radius 1 is 1.19 bits per heavy atom. The van der Waals surface area contributed by atoms with Crippen LogP contribution in [0.15, 0.2) is 79.5 Å². The zero-order chi connectivity index (χ0) is 18.9. The molecule has 0 aliphatic heterocycles. The van der Waals surface area contributed by atoms with Gasteiger partial charge in [0, 0.05) is 17.5 Å². The van der Waals surface area contributed by atoms with Crippen LogP contribution in [0, 0.1) is 0 Å². The van der Waals surface area contributed by atoms with Crippen LogP contribution in [0.3, 0.4) is 0 Å². The summed E-state index contributed by atoms with van der Waals surface area (Å²) in [6, 6.07) is 9.42. The van der Waals surface area contributed by atoms with Crippen molar-refractivity contribution >= 4 is 24.8 Å². The fourth-order valence-electron chi connectivity index (χ4n) is 2.10. The van der Waals surface area contributed by atoms with E-state index < -0.39 is 0 Å². The molecule has 26 heavy (non-hydrogen) atoms. The van der Waals surface area contributed by atoms with Crippen LogP contribution >= 0.6 is 0 Å². The zero-order valence-corrected chi connectivity index (χ0v) is 14.8. The third-order valence-corrected chi connectivity index (χ3v) is 3.43. The first-order valence-electron chi connectivity index (χ1n) is 7.80. The van der Waals surface area contributed by atoms with Gasteiger partial charge < -0.3 is 10.2 Å². The second kappa shape index (κ2) is 9.03. The van der Waals surface area contributed by atoms with Crippen molar-refractivity contribution in [1.29, 1.82) is 0 Å². The number of rotatable bonds is 7. The lowest BCUT2D eigenvalue weighted by Crippen LogP contribution is -2.02. The van der Waals surface area contributed by atoms with Gasteiger partial charge in [-0.15, -0.1) is 10.2 Å². The SMILES string of the molecule is C=N\C=C/C(=C\C)C(/C)=N/C(=C(/N)N=C)c1nnc(-c2ccccc2)o1. The minimum atomic E-state index is 0.0916. The largest absolute Gasteiger partial charge is 0.414 e. The highest BCUT2D eigenvalue weighted by Gasteiger charge is 2.16.